The van der Waals surface area contributed by atoms with E-state index in [-0.39, 0.29) is 29.3 Å². The SMILES string of the molecule is N#Cc1cc(S(=O)(=O)N2CC3CCCC(N)C3C2)ccc1C(F)(F)F. The molecule has 0 aromatic heterocycles. The summed E-state index contributed by atoms with van der Waals surface area (Å²) >= 11 is 0. The smallest absolute Gasteiger partial charge is 0.327 e. The lowest BCUT2D eigenvalue weighted by Crippen LogP contribution is -2.38. The minimum absolute atomic E-state index is 0.0544. The van der Waals surface area contributed by atoms with E-state index in [1.807, 2.05) is 0 Å². The maximum Gasteiger partial charge on any atom is 0.417 e. The molecule has 2 N–H and O–H groups in total. The third-order valence-electron chi connectivity index (χ3n) is 5.18. The molecule has 0 radical (unpaired) electrons. The molecule has 1 saturated heterocycles. The van der Waals surface area contributed by atoms with Crippen LogP contribution in [-0.2, 0) is 16.2 Å². The van der Waals surface area contributed by atoms with Crippen molar-refractivity contribution in [1.82, 2.24) is 4.31 Å². The fraction of sp³-hybridized carbons (Fsp3) is 0.562. The Hall–Kier alpha value is -1.63. The van der Waals surface area contributed by atoms with Crippen LogP contribution in [0.5, 0.6) is 0 Å². The van der Waals surface area contributed by atoms with Gasteiger partial charge < -0.3 is 5.73 Å². The average Bonchev–Trinajstić information content (AvgIpc) is 3.00. The molecule has 3 unspecified atom stereocenters. The lowest BCUT2D eigenvalue weighted by molar-refractivity contribution is -0.137. The van der Waals surface area contributed by atoms with Gasteiger partial charge in [-0.2, -0.15) is 22.7 Å². The predicted octanol–water partition coefficient (Wildman–Crippen LogP) is 2.32. The van der Waals surface area contributed by atoms with Crippen LogP contribution >= 0.6 is 0 Å². The zero-order chi connectivity index (χ0) is 18.4. The molecule has 1 aromatic rings. The Balaban J connectivity index is 1.92. The van der Waals surface area contributed by atoms with E-state index in [9.17, 15) is 21.6 Å². The van der Waals surface area contributed by atoms with Crippen molar-refractivity contribution in [1.29, 1.82) is 5.26 Å². The van der Waals surface area contributed by atoms with Crippen molar-refractivity contribution >= 4 is 10.0 Å². The number of halogens is 3. The quantitative estimate of drug-likeness (QED) is 0.862. The Morgan fingerprint density at radius 1 is 1.24 bits per heavy atom. The van der Waals surface area contributed by atoms with E-state index in [1.54, 1.807) is 0 Å². The highest BCUT2D eigenvalue weighted by molar-refractivity contribution is 7.89. The van der Waals surface area contributed by atoms with Crippen LogP contribution in [0.1, 0.15) is 30.4 Å². The molecule has 9 heteroatoms. The van der Waals surface area contributed by atoms with Crippen LogP contribution in [0, 0.1) is 23.2 Å². The summed E-state index contributed by atoms with van der Waals surface area (Å²) in [4.78, 5) is -0.288. The number of benzene rings is 1. The van der Waals surface area contributed by atoms with E-state index in [4.69, 9.17) is 11.0 Å². The van der Waals surface area contributed by atoms with E-state index < -0.39 is 27.3 Å². The van der Waals surface area contributed by atoms with E-state index in [0.29, 0.717) is 12.6 Å². The number of rotatable bonds is 2. The van der Waals surface area contributed by atoms with E-state index in [0.717, 1.165) is 31.4 Å². The lowest BCUT2D eigenvalue weighted by Gasteiger charge is -2.29. The largest absolute Gasteiger partial charge is 0.417 e. The van der Waals surface area contributed by atoms with Crippen LogP contribution in [0.2, 0.25) is 0 Å². The summed E-state index contributed by atoms with van der Waals surface area (Å²) in [6, 6.07) is 3.76. The molecular weight excluding hydrogens is 355 g/mol. The van der Waals surface area contributed by atoms with Crippen molar-refractivity contribution < 1.29 is 21.6 Å². The lowest BCUT2D eigenvalue weighted by atomic mass is 9.78. The molecule has 136 valence electrons. The molecule has 0 amide bonds. The van der Waals surface area contributed by atoms with Gasteiger partial charge in [0.15, 0.2) is 0 Å². The Morgan fingerprint density at radius 2 is 1.96 bits per heavy atom. The van der Waals surface area contributed by atoms with Gasteiger partial charge in [-0.1, -0.05) is 6.42 Å². The molecule has 0 bridgehead atoms. The number of sulfonamides is 1. The second-order valence-corrected chi connectivity index (χ2v) is 8.60. The van der Waals surface area contributed by atoms with Crippen molar-refractivity contribution in [3.05, 3.63) is 29.3 Å². The molecule has 2 fully saturated rings. The first-order valence-electron chi connectivity index (χ1n) is 8.01. The molecule has 0 spiro atoms. The summed E-state index contributed by atoms with van der Waals surface area (Å²) in [5.41, 5.74) is 4.26. The maximum atomic E-state index is 12.9. The number of nitrogens with zero attached hydrogens (tertiary/aromatic N) is 2. The van der Waals surface area contributed by atoms with Gasteiger partial charge in [0.25, 0.3) is 0 Å². The molecule has 25 heavy (non-hydrogen) atoms. The van der Waals surface area contributed by atoms with Gasteiger partial charge in [0.1, 0.15) is 0 Å². The van der Waals surface area contributed by atoms with Crippen molar-refractivity contribution in [2.75, 3.05) is 13.1 Å². The molecule has 3 rings (SSSR count). The van der Waals surface area contributed by atoms with E-state index in [1.165, 1.54) is 10.4 Å². The normalized spacial score (nSPS) is 27.7. The van der Waals surface area contributed by atoms with Gasteiger partial charge in [0.2, 0.25) is 10.0 Å². The third kappa shape index (κ3) is 3.26. The molecular formula is C16H18F3N3O2S. The number of hydrogen-bond acceptors (Lipinski definition) is 4. The Morgan fingerprint density at radius 3 is 2.56 bits per heavy atom. The molecule has 1 aliphatic heterocycles. The molecule has 1 aromatic carbocycles. The van der Waals surface area contributed by atoms with Crippen LogP contribution in [0.4, 0.5) is 13.2 Å². The molecule has 5 nitrogen and oxygen atoms in total. The van der Waals surface area contributed by atoms with Gasteiger partial charge in [-0.25, -0.2) is 8.42 Å². The summed E-state index contributed by atoms with van der Waals surface area (Å²) in [5, 5.41) is 8.97. The third-order valence-corrected chi connectivity index (χ3v) is 7.00. The van der Waals surface area contributed by atoms with Gasteiger partial charge >= 0.3 is 6.18 Å². The highest BCUT2D eigenvalue weighted by Crippen LogP contribution is 2.38. The Bertz CT molecular complexity index is 817. The second-order valence-electron chi connectivity index (χ2n) is 6.66. The molecule has 1 saturated carbocycles. The minimum Gasteiger partial charge on any atom is -0.327 e. The first kappa shape index (κ1) is 18.2. The maximum absolute atomic E-state index is 12.9. The number of alkyl halides is 3. The van der Waals surface area contributed by atoms with Gasteiger partial charge in [-0.15, -0.1) is 0 Å². The van der Waals surface area contributed by atoms with Crippen LogP contribution in [-0.4, -0.2) is 31.9 Å². The standard InChI is InChI=1S/C16H18F3N3O2S/c17-16(18,19)14-5-4-12(6-11(14)7-20)25(23,24)22-8-10-2-1-3-15(21)13(10)9-22/h4-6,10,13,15H,1-3,8-9,21H2. The van der Waals surface area contributed by atoms with E-state index >= 15 is 0 Å². The number of hydrogen-bond donors (Lipinski definition) is 1. The van der Waals surface area contributed by atoms with Crippen LogP contribution < -0.4 is 5.73 Å². The highest BCUT2D eigenvalue weighted by Gasteiger charge is 2.43. The fourth-order valence-electron chi connectivity index (χ4n) is 3.84. The summed E-state index contributed by atoms with van der Waals surface area (Å²) in [6.45, 7) is 0.598. The molecule has 3 atom stereocenters. The number of nitriles is 1. The monoisotopic (exact) mass is 373 g/mol. The van der Waals surface area contributed by atoms with E-state index in [2.05, 4.69) is 0 Å². The van der Waals surface area contributed by atoms with Gasteiger partial charge in [0, 0.05) is 19.1 Å². The van der Waals surface area contributed by atoms with Crippen LogP contribution in [0.25, 0.3) is 0 Å². The van der Waals surface area contributed by atoms with Crippen molar-refractivity contribution in [2.45, 2.75) is 36.4 Å². The molecule has 1 heterocycles. The summed E-state index contributed by atoms with van der Waals surface area (Å²) in [7, 11) is -3.96. The van der Waals surface area contributed by atoms with Crippen molar-refractivity contribution in [3.63, 3.8) is 0 Å². The molecule has 1 aliphatic carbocycles. The van der Waals surface area contributed by atoms with Crippen LogP contribution in [0.3, 0.4) is 0 Å². The Kier molecular flexibility index (Phi) is 4.56. The van der Waals surface area contributed by atoms with Crippen molar-refractivity contribution in [2.24, 2.45) is 17.6 Å². The van der Waals surface area contributed by atoms with Gasteiger partial charge in [-0.3, -0.25) is 0 Å². The second kappa shape index (κ2) is 6.27. The first-order chi connectivity index (χ1) is 11.6. The topological polar surface area (TPSA) is 87.2 Å². The zero-order valence-electron chi connectivity index (χ0n) is 13.3. The number of fused-ring (bicyclic) bond motifs is 1. The van der Waals surface area contributed by atoms with Gasteiger partial charge in [0.05, 0.1) is 22.1 Å². The summed E-state index contributed by atoms with van der Waals surface area (Å²) in [5.74, 6) is 0.261. The fourth-order valence-corrected chi connectivity index (χ4v) is 5.41. The highest BCUT2D eigenvalue weighted by atomic mass is 32.2. The Labute approximate surface area is 144 Å². The van der Waals surface area contributed by atoms with Crippen molar-refractivity contribution in [3.8, 4) is 6.07 Å². The zero-order valence-corrected chi connectivity index (χ0v) is 14.1. The predicted molar refractivity (Wildman–Crippen MR) is 83.7 cm³/mol. The summed E-state index contributed by atoms with van der Waals surface area (Å²) < 4.78 is 65.6. The average molecular weight is 373 g/mol. The summed E-state index contributed by atoms with van der Waals surface area (Å²) in [6.07, 6.45) is -1.99. The number of nitrogens with two attached hydrogens (primary N) is 1. The van der Waals surface area contributed by atoms with Gasteiger partial charge in [-0.05, 0) is 42.9 Å². The minimum atomic E-state index is -4.71. The first-order valence-corrected chi connectivity index (χ1v) is 9.45. The van der Waals surface area contributed by atoms with Crippen LogP contribution in [0.15, 0.2) is 23.1 Å². The molecule has 2 aliphatic rings.